The van der Waals surface area contributed by atoms with E-state index in [0.717, 1.165) is 16.7 Å². The van der Waals surface area contributed by atoms with Crippen molar-refractivity contribution in [2.24, 2.45) is 0 Å². The molecule has 4 aromatic rings. The van der Waals surface area contributed by atoms with Crippen LogP contribution in [0, 0.1) is 6.92 Å². The molecular weight excluding hydrogens is 508 g/mol. The first-order valence-electron chi connectivity index (χ1n) is 11.9. The molecule has 0 fully saturated rings. The number of methoxy groups -OCH3 is 1. The van der Waals surface area contributed by atoms with Crippen molar-refractivity contribution in [3.05, 3.63) is 100 Å². The Labute approximate surface area is 225 Å². The largest absolute Gasteiger partial charge is 0.489 e. The fourth-order valence-corrected chi connectivity index (χ4v) is 4.03. The van der Waals surface area contributed by atoms with E-state index in [4.69, 9.17) is 25.6 Å². The van der Waals surface area contributed by atoms with Crippen LogP contribution in [-0.4, -0.2) is 24.3 Å². The first kappa shape index (κ1) is 26.8. The van der Waals surface area contributed by atoms with E-state index in [1.807, 2.05) is 66.7 Å². The van der Waals surface area contributed by atoms with Gasteiger partial charge in [0.15, 0.2) is 5.76 Å². The second-order valence-electron chi connectivity index (χ2n) is 8.55. The summed E-state index contributed by atoms with van der Waals surface area (Å²) in [5.74, 6) is 0.811. The molecule has 196 valence electrons. The van der Waals surface area contributed by atoms with Crippen LogP contribution in [0.2, 0.25) is 5.02 Å². The molecule has 4 rings (SSSR count). The van der Waals surface area contributed by atoms with Gasteiger partial charge < -0.3 is 18.7 Å². The van der Waals surface area contributed by atoms with Crippen molar-refractivity contribution < 1.29 is 28.3 Å². The zero-order valence-electron chi connectivity index (χ0n) is 21.2. The number of amides is 1. The summed E-state index contributed by atoms with van der Waals surface area (Å²) in [4.78, 5) is 24.0. The fraction of sp³-hybridized carbons (Fsp3) is 0.207. The molecule has 1 amide bonds. The minimum atomic E-state index is -0.646. The average Bonchev–Trinajstić information content (AvgIpc) is 3.28. The molecule has 0 radical (unpaired) electrons. The molecule has 0 spiro atoms. The molecule has 0 saturated carbocycles. The quantitative estimate of drug-likeness (QED) is 0.233. The number of carbonyl (C=O) groups excluding carboxylic acids is 2. The molecule has 0 aliphatic rings. The highest BCUT2D eigenvalue weighted by Crippen LogP contribution is 2.32. The molecule has 1 N–H and O–H groups in total. The van der Waals surface area contributed by atoms with Gasteiger partial charge in [-0.3, -0.25) is 10.1 Å². The first-order valence-corrected chi connectivity index (χ1v) is 12.3. The van der Waals surface area contributed by atoms with Gasteiger partial charge >= 0.3 is 12.1 Å². The molecule has 0 bridgehead atoms. The van der Waals surface area contributed by atoms with Crippen LogP contribution < -0.4 is 10.1 Å². The molecule has 0 aliphatic carbocycles. The van der Waals surface area contributed by atoms with E-state index in [9.17, 15) is 9.59 Å². The van der Waals surface area contributed by atoms with Crippen LogP contribution in [-0.2, 0) is 27.3 Å². The van der Waals surface area contributed by atoms with Gasteiger partial charge in [-0.15, -0.1) is 0 Å². The van der Waals surface area contributed by atoms with Gasteiger partial charge in [-0.05, 0) is 43.2 Å². The van der Waals surface area contributed by atoms with Gasteiger partial charge in [-0.25, -0.2) is 4.79 Å². The zero-order valence-corrected chi connectivity index (χ0v) is 22.0. The van der Waals surface area contributed by atoms with Gasteiger partial charge in [0.2, 0.25) is 0 Å². The molecule has 8 nitrogen and oxygen atoms in total. The van der Waals surface area contributed by atoms with Crippen molar-refractivity contribution in [3.8, 4) is 17.1 Å². The van der Waals surface area contributed by atoms with Gasteiger partial charge in [-0.1, -0.05) is 71.4 Å². The smallest absolute Gasteiger partial charge is 0.412 e. The Morgan fingerprint density at radius 3 is 2.37 bits per heavy atom. The fourth-order valence-electron chi connectivity index (χ4n) is 3.74. The molecule has 1 heterocycles. The van der Waals surface area contributed by atoms with Gasteiger partial charge in [0.25, 0.3) is 0 Å². The van der Waals surface area contributed by atoms with Crippen LogP contribution in [0.25, 0.3) is 11.3 Å². The molecule has 1 atom stereocenters. The Hall–Kier alpha value is -4.30. The summed E-state index contributed by atoms with van der Waals surface area (Å²) in [5, 5.41) is 7.27. The monoisotopic (exact) mass is 534 g/mol. The Kier molecular flexibility index (Phi) is 8.66. The Morgan fingerprint density at radius 1 is 1.00 bits per heavy atom. The predicted molar refractivity (Wildman–Crippen MR) is 143 cm³/mol. The highest BCUT2D eigenvalue weighted by atomic mass is 35.5. The molecule has 0 saturated heterocycles. The Bertz CT molecular complexity index is 1400. The first-order chi connectivity index (χ1) is 18.3. The van der Waals surface area contributed by atoms with Crippen LogP contribution >= 0.6 is 11.6 Å². The van der Waals surface area contributed by atoms with Crippen LogP contribution in [0.1, 0.15) is 35.4 Å². The van der Waals surface area contributed by atoms with E-state index in [-0.39, 0.29) is 12.4 Å². The predicted octanol–water partition coefficient (Wildman–Crippen LogP) is 6.91. The normalized spacial score (nSPS) is 11.5. The topological polar surface area (TPSA) is 99.9 Å². The number of aryl methyl sites for hydroxylation is 1. The highest BCUT2D eigenvalue weighted by Gasteiger charge is 2.20. The van der Waals surface area contributed by atoms with Gasteiger partial charge in [0, 0.05) is 16.1 Å². The number of ether oxygens (including phenoxy) is 3. The number of benzene rings is 3. The van der Waals surface area contributed by atoms with Crippen molar-refractivity contribution in [2.75, 3.05) is 12.4 Å². The van der Waals surface area contributed by atoms with E-state index < -0.39 is 12.2 Å². The number of nitrogens with one attached hydrogen (secondary N) is 1. The van der Waals surface area contributed by atoms with Crippen molar-refractivity contribution in [3.63, 3.8) is 0 Å². The lowest BCUT2D eigenvalue weighted by molar-refractivity contribution is -0.139. The van der Waals surface area contributed by atoms with Crippen LogP contribution in [0.3, 0.4) is 0 Å². The summed E-state index contributed by atoms with van der Waals surface area (Å²) in [5.41, 5.74) is 4.17. The summed E-state index contributed by atoms with van der Waals surface area (Å²) in [7, 11) is 1.37. The minimum absolute atomic E-state index is 0.217. The van der Waals surface area contributed by atoms with Crippen LogP contribution in [0.4, 0.5) is 10.5 Å². The lowest BCUT2D eigenvalue weighted by atomic mass is 10.1. The summed E-state index contributed by atoms with van der Waals surface area (Å²) in [6.07, 6.45) is -0.975. The summed E-state index contributed by atoms with van der Waals surface area (Å²) < 4.78 is 21.6. The van der Waals surface area contributed by atoms with Crippen molar-refractivity contribution in [1.82, 2.24) is 5.16 Å². The van der Waals surface area contributed by atoms with Crippen LogP contribution in [0.5, 0.6) is 5.75 Å². The van der Waals surface area contributed by atoms with E-state index >= 15 is 0 Å². The molecular formula is C29H27ClN2O6. The highest BCUT2D eigenvalue weighted by molar-refractivity contribution is 6.31. The number of hydrogen-bond acceptors (Lipinski definition) is 7. The Balaban J connectivity index is 1.37. The van der Waals surface area contributed by atoms with E-state index in [0.29, 0.717) is 40.1 Å². The standard InChI is InChI=1S/C29H27ClN2O6/c1-18-27(31-29(34)37-19(2)24-6-4-5-7-25(24)30)28(38-32-18)22-12-8-21(9-13-22)17-36-23-14-10-20(11-15-23)16-26(33)35-3/h4-15,19H,16-17H2,1-3H3,(H,31,34)/t19-/m1/s1. The van der Waals surface area contributed by atoms with Gasteiger partial charge in [0.1, 0.15) is 29.8 Å². The molecule has 0 aliphatic heterocycles. The van der Waals surface area contributed by atoms with Crippen molar-refractivity contribution in [2.45, 2.75) is 33.0 Å². The Morgan fingerprint density at radius 2 is 1.68 bits per heavy atom. The van der Waals surface area contributed by atoms with E-state index in [2.05, 4.69) is 15.2 Å². The second-order valence-corrected chi connectivity index (χ2v) is 8.96. The molecule has 9 heteroatoms. The second kappa shape index (κ2) is 12.3. The van der Waals surface area contributed by atoms with Gasteiger partial charge in [-0.2, -0.15) is 0 Å². The third-order valence-electron chi connectivity index (χ3n) is 5.84. The zero-order chi connectivity index (χ0) is 27.1. The maximum Gasteiger partial charge on any atom is 0.412 e. The SMILES string of the molecule is COC(=O)Cc1ccc(OCc2ccc(-c3onc(C)c3NC(=O)O[C@H](C)c3ccccc3Cl)cc2)cc1. The number of aromatic nitrogens is 1. The number of nitrogens with zero attached hydrogens (tertiary/aromatic N) is 1. The maximum atomic E-state index is 12.6. The van der Waals surface area contributed by atoms with Gasteiger partial charge in [0.05, 0.1) is 13.5 Å². The summed E-state index contributed by atoms with van der Waals surface area (Å²) >= 11 is 6.21. The maximum absolute atomic E-state index is 12.6. The lowest BCUT2D eigenvalue weighted by Crippen LogP contribution is -2.17. The minimum Gasteiger partial charge on any atom is -0.489 e. The molecule has 3 aromatic carbocycles. The van der Waals surface area contributed by atoms with E-state index in [1.54, 1.807) is 19.9 Å². The third-order valence-corrected chi connectivity index (χ3v) is 6.18. The van der Waals surface area contributed by atoms with Crippen LogP contribution in [0.15, 0.2) is 77.3 Å². The number of hydrogen-bond donors (Lipinski definition) is 1. The number of halogens is 1. The van der Waals surface area contributed by atoms with Crippen molar-refractivity contribution >= 4 is 29.4 Å². The molecule has 1 aromatic heterocycles. The third kappa shape index (κ3) is 6.72. The number of anilines is 1. The number of esters is 1. The summed E-state index contributed by atoms with van der Waals surface area (Å²) in [6, 6.07) is 22.0. The number of carbonyl (C=O) groups is 2. The molecule has 0 unspecified atom stereocenters. The number of rotatable bonds is 9. The summed E-state index contributed by atoms with van der Waals surface area (Å²) in [6.45, 7) is 3.84. The van der Waals surface area contributed by atoms with E-state index in [1.165, 1.54) is 7.11 Å². The molecule has 38 heavy (non-hydrogen) atoms. The van der Waals surface area contributed by atoms with Crippen molar-refractivity contribution in [1.29, 1.82) is 0 Å². The lowest BCUT2D eigenvalue weighted by Gasteiger charge is -2.15. The average molecular weight is 535 g/mol.